The van der Waals surface area contributed by atoms with E-state index >= 15 is 0 Å². The first-order valence-corrected chi connectivity index (χ1v) is 12.0. The predicted molar refractivity (Wildman–Crippen MR) is 135 cm³/mol. The lowest BCUT2D eigenvalue weighted by Crippen LogP contribution is -2.45. The van der Waals surface area contributed by atoms with E-state index in [9.17, 15) is 9.59 Å². The fourth-order valence-corrected chi connectivity index (χ4v) is 5.48. The average molecular weight is 461 g/mol. The summed E-state index contributed by atoms with van der Waals surface area (Å²) in [6, 6.07) is 15.2. The molecule has 1 atom stereocenters. The SMILES string of the molecule is Cc1ccc(N2C(=O)C(CC(=O)Nc3ccc4cc[nH]c4c3)N(C3CCCCC3)C2=S)cc1. The lowest BCUT2D eigenvalue weighted by atomic mass is 9.93. The number of carbonyl (C=O) groups is 2. The van der Waals surface area contributed by atoms with Crippen molar-refractivity contribution in [3.63, 3.8) is 0 Å². The highest BCUT2D eigenvalue weighted by Crippen LogP contribution is 2.34. The summed E-state index contributed by atoms with van der Waals surface area (Å²) < 4.78 is 0. The van der Waals surface area contributed by atoms with Gasteiger partial charge >= 0.3 is 0 Å². The van der Waals surface area contributed by atoms with Gasteiger partial charge in [0.2, 0.25) is 5.91 Å². The quantitative estimate of drug-likeness (QED) is 0.518. The van der Waals surface area contributed by atoms with Crippen LogP contribution < -0.4 is 10.2 Å². The number of rotatable bonds is 5. The van der Waals surface area contributed by atoms with Crippen LogP contribution >= 0.6 is 12.2 Å². The maximum Gasteiger partial charge on any atom is 0.256 e. The average Bonchev–Trinajstić information content (AvgIpc) is 3.37. The van der Waals surface area contributed by atoms with E-state index in [2.05, 4.69) is 10.3 Å². The third-order valence-electron chi connectivity index (χ3n) is 6.73. The molecular formula is C26H28N4O2S. The Kier molecular flexibility index (Phi) is 5.89. The third-order valence-corrected chi connectivity index (χ3v) is 7.12. The van der Waals surface area contributed by atoms with Crippen molar-refractivity contribution >= 4 is 51.4 Å². The Hall–Kier alpha value is -3.19. The predicted octanol–water partition coefficient (Wildman–Crippen LogP) is 5.14. The van der Waals surface area contributed by atoms with Gasteiger partial charge in [-0.05, 0) is 67.7 Å². The Labute approximate surface area is 198 Å². The summed E-state index contributed by atoms with van der Waals surface area (Å²) >= 11 is 5.83. The minimum Gasteiger partial charge on any atom is -0.361 e. The fraction of sp³-hybridized carbons (Fsp3) is 0.346. The van der Waals surface area contributed by atoms with Gasteiger partial charge in [0.05, 0.1) is 12.1 Å². The molecule has 0 radical (unpaired) electrons. The van der Waals surface area contributed by atoms with Gasteiger partial charge in [-0.3, -0.25) is 14.5 Å². The number of fused-ring (bicyclic) bond motifs is 1. The first-order chi connectivity index (χ1) is 16.0. The molecule has 6 nitrogen and oxygen atoms in total. The van der Waals surface area contributed by atoms with Crippen LogP contribution in [-0.4, -0.2) is 38.9 Å². The van der Waals surface area contributed by atoms with Crippen molar-refractivity contribution in [3.05, 3.63) is 60.3 Å². The number of aromatic nitrogens is 1. The Bertz CT molecular complexity index is 1200. The molecule has 170 valence electrons. The van der Waals surface area contributed by atoms with Crippen molar-refractivity contribution in [2.75, 3.05) is 10.2 Å². The van der Waals surface area contributed by atoms with E-state index in [1.165, 1.54) is 6.42 Å². The van der Waals surface area contributed by atoms with Crippen molar-refractivity contribution in [1.82, 2.24) is 9.88 Å². The zero-order valence-electron chi connectivity index (χ0n) is 18.7. The van der Waals surface area contributed by atoms with Crippen LogP contribution in [0.2, 0.25) is 0 Å². The molecule has 1 aliphatic heterocycles. The summed E-state index contributed by atoms with van der Waals surface area (Å²) in [4.78, 5) is 33.5. The number of aryl methyl sites for hydroxylation is 1. The highest BCUT2D eigenvalue weighted by molar-refractivity contribution is 7.80. The van der Waals surface area contributed by atoms with Crippen LogP contribution in [0, 0.1) is 6.92 Å². The van der Waals surface area contributed by atoms with Gasteiger partial charge in [-0.2, -0.15) is 0 Å². The number of nitrogens with one attached hydrogen (secondary N) is 2. The summed E-state index contributed by atoms with van der Waals surface area (Å²) in [5, 5.41) is 4.57. The van der Waals surface area contributed by atoms with Crippen LogP contribution in [0.4, 0.5) is 11.4 Å². The van der Waals surface area contributed by atoms with Crippen molar-refractivity contribution < 1.29 is 9.59 Å². The van der Waals surface area contributed by atoms with Crippen LogP contribution in [0.3, 0.4) is 0 Å². The molecule has 7 heteroatoms. The molecule has 2 aromatic carbocycles. The summed E-state index contributed by atoms with van der Waals surface area (Å²) in [5.41, 5.74) is 3.55. The van der Waals surface area contributed by atoms with Gasteiger partial charge in [-0.1, -0.05) is 43.0 Å². The molecule has 1 saturated heterocycles. The smallest absolute Gasteiger partial charge is 0.256 e. The van der Waals surface area contributed by atoms with Crippen LogP contribution in [0.1, 0.15) is 44.1 Å². The van der Waals surface area contributed by atoms with Crippen LogP contribution in [0.5, 0.6) is 0 Å². The van der Waals surface area contributed by atoms with E-state index in [1.54, 1.807) is 4.90 Å². The zero-order valence-corrected chi connectivity index (χ0v) is 19.5. The monoisotopic (exact) mass is 460 g/mol. The van der Waals surface area contributed by atoms with Crippen molar-refractivity contribution in [2.24, 2.45) is 0 Å². The van der Waals surface area contributed by atoms with Gasteiger partial charge in [0.25, 0.3) is 5.91 Å². The van der Waals surface area contributed by atoms with Crippen LogP contribution in [0.25, 0.3) is 10.9 Å². The number of anilines is 2. The highest BCUT2D eigenvalue weighted by atomic mass is 32.1. The van der Waals surface area contributed by atoms with Gasteiger partial charge in [-0.25, -0.2) is 0 Å². The van der Waals surface area contributed by atoms with Gasteiger partial charge in [0, 0.05) is 23.4 Å². The summed E-state index contributed by atoms with van der Waals surface area (Å²) in [7, 11) is 0. The second kappa shape index (κ2) is 8.98. The number of H-pyrrole nitrogens is 1. The minimum absolute atomic E-state index is 0.0700. The molecule has 2 aliphatic rings. The summed E-state index contributed by atoms with van der Waals surface area (Å²) in [6.07, 6.45) is 7.39. The first kappa shape index (κ1) is 21.6. The Morgan fingerprint density at radius 2 is 1.85 bits per heavy atom. The van der Waals surface area contributed by atoms with E-state index < -0.39 is 6.04 Å². The number of amides is 2. The lowest BCUT2D eigenvalue weighted by molar-refractivity contribution is -0.125. The number of hydrogen-bond acceptors (Lipinski definition) is 3. The van der Waals surface area contributed by atoms with Crippen molar-refractivity contribution in [2.45, 2.75) is 57.5 Å². The molecule has 1 aromatic heterocycles. The number of carbonyl (C=O) groups excluding carboxylic acids is 2. The topological polar surface area (TPSA) is 68.4 Å². The minimum atomic E-state index is -0.587. The highest BCUT2D eigenvalue weighted by Gasteiger charge is 2.47. The van der Waals surface area contributed by atoms with Crippen molar-refractivity contribution in [3.8, 4) is 0 Å². The van der Waals surface area contributed by atoms with Gasteiger partial charge in [0.15, 0.2) is 5.11 Å². The first-order valence-electron chi connectivity index (χ1n) is 11.6. The summed E-state index contributed by atoms with van der Waals surface area (Å²) in [5.74, 6) is -0.307. The number of thiocarbonyl (C=S) groups is 1. The molecule has 3 aromatic rings. The van der Waals surface area contributed by atoms with Crippen molar-refractivity contribution in [1.29, 1.82) is 0 Å². The van der Waals surface area contributed by atoms with Gasteiger partial charge < -0.3 is 15.2 Å². The second-order valence-corrected chi connectivity index (χ2v) is 9.40. The molecule has 1 saturated carbocycles. The molecule has 1 unspecified atom stereocenters. The Morgan fingerprint density at radius 3 is 2.61 bits per heavy atom. The number of nitrogens with zero attached hydrogens (tertiary/aromatic N) is 2. The molecule has 33 heavy (non-hydrogen) atoms. The Morgan fingerprint density at radius 1 is 1.09 bits per heavy atom. The molecule has 0 spiro atoms. The maximum atomic E-state index is 13.6. The number of aromatic amines is 1. The number of benzene rings is 2. The molecule has 2 N–H and O–H groups in total. The van der Waals surface area contributed by atoms with E-state index in [0.717, 1.165) is 47.8 Å². The molecule has 2 amide bonds. The van der Waals surface area contributed by atoms with Gasteiger partial charge in [0.1, 0.15) is 6.04 Å². The lowest BCUT2D eigenvalue weighted by Gasteiger charge is -2.35. The van der Waals surface area contributed by atoms with Crippen LogP contribution in [0.15, 0.2) is 54.7 Å². The number of hydrogen-bond donors (Lipinski definition) is 2. The fourth-order valence-electron chi connectivity index (χ4n) is 5.01. The maximum absolute atomic E-state index is 13.6. The van der Waals surface area contributed by atoms with Crippen LogP contribution in [-0.2, 0) is 9.59 Å². The van der Waals surface area contributed by atoms with E-state index in [1.807, 2.05) is 66.6 Å². The molecule has 0 bridgehead atoms. The normalized spacial score (nSPS) is 19.5. The third kappa shape index (κ3) is 4.25. The van der Waals surface area contributed by atoms with E-state index in [0.29, 0.717) is 10.8 Å². The standard InChI is InChI=1S/C26H28N4O2S/c1-17-7-11-21(12-8-17)30-25(32)23(29(26(30)33)20-5-3-2-4-6-20)16-24(31)28-19-10-9-18-13-14-27-22(18)15-19/h7-15,20,23,27H,2-6,16H2,1H3,(H,28,31). The molecule has 2 fully saturated rings. The second-order valence-electron chi connectivity index (χ2n) is 9.04. The van der Waals surface area contributed by atoms with E-state index in [-0.39, 0.29) is 24.3 Å². The molecule has 5 rings (SSSR count). The molecule has 2 heterocycles. The zero-order chi connectivity index (χ0) is 22.9. The molecular weight excluding hydrogens is 432 g/mol. The molecule has 1 aliphatic carbocycles. The summed E-state index contributed by atoms with van der Waals surface area (Å²) in [6.45, 7) is 2.01. The Balaban J connectivity index is 1.39. The van der Waals surface area contributed by atoms with Gasteiger partial charge in [-0.15, -0.1) is 0 Å². The largest absolute Gasteiger partial charge is 0.361 e. The van der Waals surface area contributed by atoms with E-state index in [4.69, 9.17) is 12.2 Å².